The Morgan fingerprint density at radius 1 is 1.53 bits per heavy atom. The normalized spacial score (nSPS) is 10.2. The fourth-order valence-electron chi connectivity index (χ4n) is 1.54. The molecular weight excluding hydrogens is 224 g/mol. The van der Waals surface area contributed by atoms with Crippen LogP contribution in [0.25, 0.3) is 11.3 Å². The van der Waals surface area contributed by atoms with Crippen LogP contribution in [0.1, 0.15) is 16.1 Å². The average Bonchev–Trinajstić information content (AvgIpc) is 2.71. The van der Waals surface area contributed by atoms with Crippen molar-refractivity contribution in [2.45, 2.75) is 6.92 Å². The molecule has 0 unspecified atom stereocenters. The van der Waals surface area contributed by atoms with Gasteiger partial charge in [0.1, 0.15) is 17.0 Å². The quantitative estimate of drug-likeness (QED) is 0.870. The van der Waals surface area contributed by atoms with Crippen LogP contribution in [-0.2, 0) is 0 Å². The van der Waals surface area contributed by atoms with Gasteiger partial charge in [0.25, 0.3) is 0 Å². The maximum atomic E-state index is 11.1. The molecule has 0 saturated heterocycles. The lowest BCUT2D eigenvalue weighted by molar-refractivity contribution is 0.0696. The van der Waals surface area contributed by atoms with Crippen LogP contribution in [0.3, 0.4) is 0 Å². The number of carboxylic acid groups (broad SMARTS) is 1. The first kappa shape index (κ1) is 11.1. The molecule has 1 N–H and O–H groups in total. The molecule has 6 heteroatoms. The second-order valence-electron chi connectivity index (χ2n) is 3.33. The molecule has 2 heterocycles. The lowest BCUT2D eigenvalue weighted by Gasteiger charge is -2.04. The molecular formula is C11H10N2O4. The Hall–Kier alpha value is -2.37. The van der Waals surface area contributed by atoms with E-state index < -0.39 is 5.97 Å². The molecule has 6 nitrogen and oxygen atoms in total. The summed E-state index contributed by atoms with van der Waals surface area (Å²) in [5, 5.41) is 12.8. The lowest BCUT2D eigenvalue weighted by atomic mass is 10.1. The van der Waals surface area contributed by atoms with Gasteiger partial charge in [-0.25, -0.2) is 9.78 Å². The molecule has 2 aromatic heterocycles. The smallest absolute Gasteiger partial charge is 0.341 e. The van der Waals surface area contributed by atoms with Gasteiger partial charge in [0.15, 0.2) is 0 Å². The summed E-state index contributed by atoms with van der Waals surface area (Å²) in [5.41, 5.74) is 0.737. The van der Waals surface area contributed by atoms with E-state index in [1.165, 1.54) is 7.11 Å². The number of aromatic carboxylic acids is 1. The molecule has 0 atom stereocenters. The number of pyridine rings is 1. The molecule has 0 aliphatic heterocycles. The largest absolute Gasteiger partial charge is 0.481 e. The van der Waals surface area contributed by atoms with E-state index in [9.17, 15) is 4.79 Å². The van der Waals surface area contributed by atoms with Gasteiger partial charge in [-0.15, -0.1) is 0 Å². The molecule has 0 aliphatic carbocycles. The molecule has 0 saturated carbocycles. The molecule has 17 heavy (non-hydrogen) atoms. The maximum Gasteiger partial charge on any atom is 0.341 e. The minimum Gasteiger partial charge on any atom is -0.481 e. The van der Waals surface area contributed by atoms with E-state index in [-0.39, 0.29) is 17.0 Å². The van der Waals surface area contributed by atoms with Crippen molar-refractivity contribution in [2.24, 2.45) is 0 Å². The predicted octanol–water partition coefficient (Wildman–Crippen LogP) is 1.75. The van der Waals surface area contributed by atoms with Crippen LogP contribution in [0, 0.1) is 6.92 Å². The van der Waals surface area contributed by atoms with Gasteiger partial charge in [-0.1, -0.05) is 5.16 Å². The highest BCUT2D eigenvalue weighted by molar-refractivity contribution is 5.96. The third-order valence-corrected chi connectivity index (χ3v) is 2.30. The van der Waals surface area contributed by atoms with E-state index in [1.807, 2.05) is 0 Å². The molecule has 2 rings (SSSR count). The second-order valence-corrected chi connectivity index (χ2v) is 3.33. The Bertz CT molecular complexity index is 562. The van der Waals surface area contributed by atoms with Crippen LogP contribution >= 0.6 is 0 Å². The highest BCUT2D eigenvalue weighted by Gasteiger charge is 2.23. The standard InChI is InChI=1S/C11H10N2O4/c1-6-8(11(14)15)9(13-17-6)7-4-3-5-12-10(7)16-2/h3-5H,1-2H3,(H,14,15). The summed E-state index contributed by atoms with van der Waals surface area (Å²) in [6, 6.07) is 3.35. The van der Waals surface area contributed by atoms with Gasteiger partial charge in [0.05, 0.1) is 12.7 Å². The highest BCUT2D eigenvalue weighted by Crippen LogP contribution is 2.30. The Labute approximate surface area is 96.8 Å². The predicted molar refractivity (Wildman–Crippen MR) is 58.0 cm³/mol. The molecule has 0 aromatic carbocycles. The number of carboxylic acids is 1. The molecule has 2 aromatic rings. The summed E-state index contributed by atoms with van der Waals surface area (Å²) < 4.78 is 9.95. The van der Waals surface area contributed by atoms with Crippen molar-refractivity contribution < 1.29 is 19.2 Å². The Kier molecular flexibility index (Phi) is 2.78. The van der Waals surface area contributed by atoms with E-state index >= 15 is 0 Å². The summed E-state index contributed by atoms with van der Waals surface area (Å²) in [5.74, 6) is -0.536. The minimum absolute atomic E-state index is 0.0244. The molecule has 0 aliphatic rings. The number of aryl methyl sites for hydroxylation is 1. The highest BCUT2D eigenvalue weighted by atomic mass is 16.5. The van der Waals surface area contributed by atoms with Crippen LogP contribution in [0.4, 0.5) is 0 Å². The Balaban J connectivity index is 2.65. The fraction of sp³-hybridized carbons (Fsp3) is 0.182. The van der Waals surface area contributed by atoms with Crippen LogP contribution < -0.4 is 4.74 Å². The summed E-state index contributed by atoms with van der Waals surface area (Å²) in [4.78, 5) is 15.1. The summed E-state index contributed by atoms with van der Waals surface area (Å²) in [7, 11) is 1.46. The van der Waals surface area contributed by atoms with Crippen LogP contribution in [0.15, 0.2) is 22.9 Å². The van der Waals surface area contributed by atoms with Crippen LogP contribution in [0.5, 0.6) is 5.88 Å². The molecule has 0 bridgehead atoms. The first-order chi connectivity index (χ1) is 8.15. The van der Waals surface area contributed by atoms with E-state index in [1.54, 1.807) is 25.3 Å². The van der Waals surface area contributed by atoms with Gasteiger partial charge in [-0.05, 0) is 19.1 Å². The van der Waals surface area contributed by atoms with Gasteiger partial charge >= 0.3 is 5.97 Å². The first-order valence-electron chi connectivity index (χ1n) is 4.84. The number of methoxy groups -OCH3 is 1. The van der Waals surface area contributed by atoms with E-state index in [0.29, 0.717) is 11.4 Å². The third kappa shape index (κ3) is 1.84. The minimum atomic E-state index is -1.09. The number of nitrogens with zero attached hydrogens (tertiary/aromatic N) is 2. The van der Waals surface area contributed by atoms with Gasteiger partial charge in [0.2, 0.25) is 5.88 Å². The van der Waals surface area contributed by atoms with Crippen LogP contribution in [-0.4, -0.2) is 28.3 Å². The zero-order valence-corrected chi connectivity index (χ0v) is 9.30. The van der Waals surface area contributed by atoms with Crippen molar-refractivity contribution in [3.05, 3.63) is 29.7 Å². The van der Waals surface area contributed by atoms with Crippen molar-refractivity contribution in [2.75, 3.05) is 7.11 Å². The molecule has 88 valence electrons. The second kappa shape index (κ2) is 4.25. The monoisotopic (exact) mass is 234 g/mol. The van der Waals surface area contributed by atoms with Crippen molar-refractivity contribution >= 4 is 5.97 Å². The van der Waals surface area contributed by atoms with Crippen molar-refractivity contribution in [1.29, 1.82) is 0 Å². The number of ether oxygens (including phenoxy) is 1. The first-order valence-corrected chi connectivity index (χ1v) is 4.84. The van der Waals surface area contributed by atoms with Crippen molar-refractivity contribution in [1.82, 2.24) is 10.1 Å². The SMILES string of the molecule is COc1ncccc1-c1noc(C)c1C(=O)O. The summed E-state index contributed by atoms with van der Waals surface area (Å²) in [6.07, 6.45) is 1.55. The number of hydrogen-bond donors (Lipinski definition) is 1. The average molecular weight is 234 g/mol. The van der Waals surface area contributed by atoms with Crippen molar-refractivity contribution in [3.63, 3.8) is 0 Å². The third-order valence-electron chi connectivity index (χ3n) is 2.30. The fourth-order valence-corrected chi connectivity index (χ4v) is 1.54. The zero-order chi connectivity index (χ0) is 12.4. The number of aromatic nitrogens is 2. The van der Waals surface area contributed by atoms with E-state index in [0.717, 1.165) is 0 Å². The topological polar surface area (TPSA) is 85.5 Å². The zero-order valence-electron chi connectivity index (χ0n) is 9.30. The molecule has 0 radical (unpaired) electrons. The number of carbonyl (C=O) groups is 1. The molecule has 0 spiro atoms. The number of hydrogen-bond acceptors (Lipinski definition) is 5. The molecule has 0 amide bonds. The summed E-state index contributed by atoms with van der Waals surface area (Å²) in [6.45, 7) is 1.54. The Morgan fingerprint density at radius 2 is 2.29 bits per heavy atom. The lowest BCUT2D eigenvalue weighted by Crippen LogP contribution is -2.00. The van der Waals surface area contributed by atoms with Gasteiger partial charge in [-0.2, -0.15) is 0 Å². The Morgan fingerprint density at radius 3 is 2.94 bits per heavy atom. The van der Waals surface area contributed by atoms with E-state index in [4.69, 9.17) is 14.4 Å². The van der Waals surface area contributed by atoms with Crippen molar-refractivity contribution in [3.8, 4) is 17.1 Å². The van der Waals surface area contributed by atoms with Gasteiger partial charge < -0.3 is 14.4 Å². The molecule has 0 fully saturated rings. The van der Waals surface area contributed by atoms with Gasteiger partial charge in [0, 0.05) is 6.20 Å². The number of rotatable bonds is 3. The van der Waals surface area contributed by atoms with E-state index in [2.05, 4.69) is 10.1 Å². The maximum absolute atomic E-state index is 11.1. The van der Waals surface area contributed by atoms with Gasteiger partial charge in [-0.3, -0.25) is 0 Å². The van der Waals surface area contributed by atoms with Crippen LogP contribution in [0.2, 0.25) is 0 Å². The summed E-state index contributed by atoms with van der Waals surface area (Å²) >= 11 is 0.